The smallest absolute Gasteiger partial charge is 0.300 e. The van der Waals surface area contributed by atoms with Crippen molar-refractivity contribution < 1.29 is 13.6 Å². The van der Waals surface area contributed by atoms with Crippen LogP contribution in [0.25, 0.3) is 0 Å². The first-order chi connectivity index (χ1) is 5.18. The maximum absolute atomic E-state index is 11.3. The van der Waals surface area contributed by atoms with E-state index in [0.717, 1.165) is 12.8 Å². The Kier molecular flexibility index (Phi) is 5.78. The first-order valence-corrected chi connectivity index (χ1v) is 5.19. The standard InChI is InChI=1S/C6H16NO3P/c1-4-5-6-7-11(8,9-2)10-3/h4-6H2,1-3H3,(H,7,8). The van der Waals surface area contributed by atoms with E-state index >= 15 is 0 Å². The minimum absolute atomic E-state index is 0.662. The molecule has 0 aliphatic heterocycles. The van der Waals surface area contributed by atoms with Gasteiger partial charge in [0.2, 0.25) is 0 Å². The molecule has 0 amide bonds. The Labute approximate surface area is 67.9 Å². The maximum atomic E-state index is 11.3. The van der Waals surface area contributed by atoms with Crippen molar-refractivity contribution in [1.82, 2.24) is 5.09 Å². The monoisotopic (exact) mass is 181 g/mol. The van der Waals surface area contributed by atoms with Crippen LogP contribution in [0, 0.1) is 0 Å². The van der Waals surface area contributed by atoms with Crippen LogP contribution in [0.15, 0.2) is 0 Å². The number of nitrogens with one attached hydrogen (secondary N) is 1. The van der Waals surface area contributed by atoms with Crippen LogP contribution >= 0.6 is 7.75 Å². The summed E-state index contributed by atoms with van der Waals surface area (Å²) < 4.78 is 20.6. The quantitative estimate of drug-likeness (QED) is 0.501. The predicted molar refractivity (Wildman–Crippen MR) is 44.5 cm³/mol. The molecule has 0 unspecified atom stereocenters. The Bertz CT molecular complexity index is 132. The number of unbranched alkanes of at least 4 members (excludes halogenated alkanes) is 1. The van der Waals surface area contributed by atoms with Crippen molar-refractivity contribution in [2.75, 3.05) is 20.8 Å². The van der Waals surface area contributed by atoms with E-state index in [0.29, 0.717) is 6.54 Å². The highest BCUT2D eigenvalue weighted by Gasteiger charge is 2.18. The van der Waals surface area contributed by atoms with Crippen molar-refractivity contribution in [2.24, 2.45) is 0 Å². The van der Waals surface area contributed by atoms with Crippen LogP contribution in [0.2, 0.25) is 0 Å². The van der Waals surface area contributed by atoms with Crippen molar-refractivity contribution in [3.63, 3.8) is 0 Å². The number of rotatable bonds is 6. The van der Waals surface area contributed by atoms with Crippen molar-refractivity contribution >= 4 is 7.75 Å². The minimum atomic E-state index is -2.96. The van der Waals surface area contributed by atoms with Gasteiger partial charge in [-0.3, -0.25) is 0 Å². The Morgan fingerprint density at radius 3 is 2.27 bits per heavy atom. The normalized spacial score (nSPS) is 11.9. The average molecular weight is 181 g/mol. The van der Waals surface area contributed by atoms with Gasteiger partial charge in [-0.05, 0) is 6.42 Å². The lowest BCUT2D eigenvalue weighted by atomic mass is 10.3. The summed E-state index contributed by atoms with van der Waals surface area (Å²) in [6, 6.07) is 0. The second-order valence-corrected chi connectivity index (χ2v) is 4.17. The first-order valence-electron chi connectivity index (χ1n) is 3.65. The van der Waals surface area contributed by atoms with Gasteiger partial charge < -0.3 is 9.05 Å². The van der Waals surface area contributed by atoms with Gasteiger partial charge in [0, 0.05) is 20.8 Å². The van der Waals surface area contributed by atoms with Gasteiger partial charge in [-0.2, -0.15) is 0 Å². The van der Waals surface area contributed by atoms with Gasteiger partial charge in [0.25, 0.3) is 0 Å². The Balaban J connectivity index is 3.61. The maximum Gasteiger partial charge on any atom is 0.404 e. The molecule has 0 heterocycles. The molecular weight excluding hydrogens is 165 g/mol. The van der Waals surface area contributed by atoms with Gasteiger partial charge in [-0.1, -0.05) is 13.3 Å². The summed E-state index contributed by atoms with van der Waals surface area (Å²) in [5, 5.41) is 2.71. The summed E-state index contributed by atoms with van der Waals surface area (Å²) in [7, 11) is -0.232. The highest BCUT2D eigenvalue weighted by atomic mass is 31.2. The summed E-state index contributed by atoms with van der Waals surface area (Å²) in [6.07, 6.45) is 2.02. The molecule has 0 atom stereocenters. The third-order valence-corrected chi connectivity index (χ3v) is 2.89. The first kappa shape index (κ1) is 11.1. The summed E-state index contributed by atoms with van der Waals surface area (Å²) in [5.74, 6) is 0. The summed E-state index contributed by atoms with van der Waals surface area (Å²) in [5.41, 5.74) is 0. The fraction of sp³-hybridized carbons (Fsp3) is 1.00. The van der Waals surface area contributed by atoms with Crippen LogP contribution in [0.3, 0.4) is 0 Å². The molecular formula is C6H16NO3P. The second-order valence-electron chi connectivity index (χ2n) is 2.12. The van der Waals surface area contributed by atoms with Crippen molar-refractivity contribution in [1.29, 1.82) is 0 Å². The molecule has 0 fully saturated rings. The van der Waals surface area contributed by atoms with E-state index in [9.17, 15) is 4.57 Å². The summed E-state index contributed by atoms with van der Waals surface area (Å²) in [6.45, 7) is 2.72. The third kappa shape index (κ3) is 4.53. The van der Waals surface area contributed by atoms with Gasteiger partial charge in [0.1, 0.15) is 0 Å². The zero-order chi connectivity index (χ0) is 8.74. The highest BCUT2D eigenvalue weighted by Crippen LogP contribution is 2.40. The topological polar surface area (TPSA) is 47.6 Å². The molecule has 11 heavy (non-hydrogen) atoms. The van der Waals surface area contributed by atoms with Gasteiger partial charge >= 0.3 is 7.75 Å². The molecule has 0 aliphatic carbocycles. The van der Waals surface area contributed by atoms with Crippen LogP contribution in [-0.2, 0) is 13.6 Å². The summed E-state index contributed by atoms with van der Waals surface area (Å²) in [4.78, 5) is 0. The molecule has 5 heteroatoms. The van der Waals surface area contributed by atoms with E-state index in [1.54, 1.807) is 0 Å². The molecule has 0 spiro atoms. The van der Waals surface area contributed by atoms with Gasteiger partial charge in [0.05, 0.1) is 0 Å². The SMILES string of the molecule is CCCCNP(=O)(OC)OC. The predicted octanol–water partition coefficient (Wildman–Crippen LogP) is 1.78. The molecule has 1 N–H and O–H groups in total. The second kappa shape index (κ2) is 5.72. The van der Waals surface area contributed by atoms with E-state index in [4.69, 9.17) is 0 Å². The van der Waals surface area contributed by atoms with Crippen molar-refractivity contribution in [3.05, 3.63) is 0 Å². The molecule has 0 radical (unpaired) electrons. The molecule has 68 valence electrons. The van der Waals surface area contributed by atoms with Crippen molar-refractivity contribution in [3.8, 4) is 0 Å². The van der Waals surface area contributed by atoms with E-state index in [-0.39, 0.29) is 0 Å². The highest BCUT2D eigenvalue weighted by molar-refractivity contribution is 7.51. The van der Waals surface area contributed by atoms with Gasteiger partial charge in [0.15, 0.2) is 0 Å². The van der Waals surface area contributed by atoms with Gasteiger partial charge in [-0.15, -0.1) is 0 Å². The van der Waals surface area contributed by atoms with Crippen molar-refractivity contribution in [2.45, 2.75) is 19.8 Å². The van der Waals surface area contributed by atoms with Gasteiger partial charge in [-0.25, -0.2) is 9.65 Å². The van der Waals surface area contributed by atoms with Crippen LogP contribution in [-0.4, -0.2) is 20.8 Å². The zero-order valence-electron chi connectivity index (χ0n) is 7.29. The molecule has 0 aromatic carbocycles. The molecule has 0 aromatic heterocycles. The minimum Gasteiger partial charge on any atom is -0.300 e. The Morgan fingerprint density at radius 1 is 1.36 bits per heavy atom. The van der Waals surface area contributed by atoms with Crippen LogP contribution in [0.1, 0.15) is 19.8 Å². The average Bonchev–Trinajstić information content (AvgIpc) is 2.05. The fourth-order valence-electron chi connectivity index (χ4n) is 0.596. The lowest BCUT2D eigenvalue weighted by molar-refractivity contribution is 0.264. The summed E-state index contributed by atoms with van der Waals surface area (Å²) >= 11 is 0. The van der Waals surface area contributed by atoms with E-state index in [1.165, 1.54) is 14.2 Å². The Morgan fingerprint density at radius 2 is 1.91 bits per heavy atom. The number of hydrogen-bond acceptors (Lipinski definition) is 3. The van der Waals surface area contributed by atoms with E-state index < -0.39 is 7.75 Å². The van der Waals surface area contributed by atoms with Crippen LogP contribution in [0.5, 0.6) is 0 Å². The molecule has 0 aliphatic rings. The van der Waals surface area contributed by atoms with E-state index in [1.807, 2.05) is 0 Å². The molecule has 0 saturated carbocycles. The largest absolute Gasteiger partial charge is 0.404 e. The lowest BCUT2D eigenvalue weighted by Crippen LogP contribution is -2.13. The molecule has 0 rings (SSSR count). The van der Waals surface area contributed by atoms with E-state index in [2.05, 4.69) is 21.1 Å². The van der Waals surface area contributed by atoms with Crippen LogP contribution < -0.4 is 5.09 Å². The molecule has 0 bridgehead atoms. The third-order valence-electron chi connectivity index (χ3n) is 1.32. The molecule has 0 aromatic rings. The Hall–Kier alpha value is 0.110. The zero-order valence-corrected chi connectivity index (χ0v) is 8.19. The fourth-order valence-corrected chi connectivity index (χ4v) is 1.44. The molecule has 4 nitrogen and oxygen atoms in total. The lowest BCUT2D eigenvalue weighted by Gasteiger charge is -2.13. The number of hydrogen-bond donors (Lipinski definition) is 1. The van der Waals surface area contributed by atoms with Crippen LogP contribution in [0.4, 0.5) is 0 Å². The molecule has 0 saturated heterocycles.